The van der Waals surface area contributed by atoms with Gasteiger partial charge >= 0.3 is 0 Å². The van der Waals surface area contributed by atoms with Gasteiger partial charge in [0.1, 0.15) is 11.8 Å². The summed E-state index contributed by atoms with van der Waals surface area (Å²) in [7, 11) is 0. The number of aliphatic hydroxyl groups excluding tert-OH is 1. The lowest BCUT2D eigenvalue weighted by Crippen LogP contribution is -2.49. The summed E-state index contributed by atoms with van der Waals surface area (Å²) < 4.78 is 5.16. The van der Waals surface area contributed by atoms with E-state index in [1.165, 1.54) is 0 Å². The van der Waals surface area contributed by atoms with Crippen molar-refractivity contribution in [3.8, 4) is 0 Å². The summed E-state index contributed by atoms with van der Waals surface area (Å²) in [5.74, 6) is 0. The molecule has 15 heavy (non-hydrogen) atoms. The van der Waals surface area contributed by atoms with Crippen LogP contribution in [0.25, 0.3) is 0 Å². The SMILES string of the molecule is CCCCCC(O)(CC)C(N)OCCO. The molecule has 0 saturated heterocycles. The summed E-state index contributed by atoms with van der Waals surface area (Å²) >= 11 is 0. The highest BCUT2D eigenvalue weighted by Crippen LogP contribution is 2.22. The third-order valence-corrected chi connectivity index (χ3v) is 2.74. The molecule has 0 aromatic heterocycles. The van der Waals surface area contributed by atoms with Gasteiger partial charge in [-0.1, -0.05) is 33.1 Å². The summed E-state index contributed by atoms with van der Waals surface area (Å²) in [5.41, 5.74) is 4.79. The molecule has 2 unspecified atom stereocenters. The van der Waals surface area contributed by atoms with Crippen LogP contribution in [-0.2, 0) is 4.74 Å². The molecule has 0 bridgehead atoms. The van der Waals surface area contributed by atoms with E-state index in [2.05, 4.69) is 6.92 Å². The smallest absolute Gasteiger partial charge is 0.134 e. The van der Waals surface area contributed by atoms with E-state index in [0.29, 0.717) is 12.8 Å². The van der Waals surface area contributed by atoms with Crippen molar-refractivity contribution in [3.63, 3.8) is 0 Å². The maximum atomic E-state index is 10.2. The van der Waals surface area contributed by atoms with Crippen LogP contribution in [-0.4, -0.2) is 35.3 Å². The van der Waals surface area contributed by atoms with Gasteiger partial charge in [-0.25, -0.2) is 0 Å². The van der Waals surface area contributed by atoms with E-state index in [-0.39, 0.29) is 13.2 Å². The maximum absolute atomic E-state index is 10.2. The van der Waals surface area contributed by atoms with Crippen LogP contribution in [0.4, 0.5) is 0 Å². The first-order valence-electron chi connectivity index (χ1n) is 5.81. The minimum atomic E-state index is -0.954. The van der Waals surface area contributed by atoms with Gasteiger partial charge in [-0.3, -0.25) is 0 Å². The van der Waals surface area contributed by atoms with Crippen LogP contribution >= 0.6 is 0 Å². The van der Waals surface area contributed by atoms with Gasteiger partial charge in [-0.2, -0.15) is 0 Å². The molecule has 0 aromatic carbocycles. The molecule has 0 aliphatic rings. The molecule has 0 aliphatic heterocycles. The zero-order valence-electron chi connectivity index (χ0n) is 9.91. The Kier molecular flexibility index (Phi) is 7.96. The van der Waals surface area contributed by atoms with Crippen molar-refractivity contribution in [2.45, 2.75) is 57.8 Å². The van der Waals surface area contributed by atoms with Crippen LogP contribution in [0.15, 0.2) is 0 Å². The second kappa shape index (κ2) is 8.05. The first-order valence-corrected chi connectivity index (χ1v) is 5.81. The predicted molar refractivity (Wildman–Crippen MR) is 60.4 cm³/mol. The Bertz CT molecular complexity index is 155. The average Bonchev–Trinajstić information content (AvgIpc) is 2.25. The van der Waals surface area contributed by atoms with E-state index in [9.17, 15) is 5.11 Å². The summed E-state index contributed by atoms with van der Waals surface area (Å²) in [5, 5.41) is 18.8. The second-order valence-electron chi connectivity index (χ2n) is 3.93. The molecule has 0 aromatic rings. The van der Waals surface area contributed by atoms with Crippen molar-refractivity contribution < 1.29 is 14.9 Å². The van der Waals surface area contributed by atoms with Crippen molar-refractivity contribution in [1.82, 2.24) is 0 Å². The van der Waals surface area contributed by atoms with Gasteiger partial charge in [0.15, 0.2) is 0 Å². The summed E-state index contributed by atoms with van der Waals surface area (Å²) in [6.45, 7) is 4.13. The molecule has 92 valence electrons. The molecule has 4 heteroatoms. The average molecular weight is 219 g/mol. The molecular formula is C11H25NO3. The predicted octanol–water partition coefficient (Wildman–Crippen LogP) is 1.00. The lowest BCUT2D eigenvalue weighted by Gasteiger charge is -2.32. The molecule has 4 nitrogen and oxygen atoms in total. The van der Waals surface area contributed by atoms with Crippen molar-refractivity contribution in [2.75, 3.05) is 13.2 Å². The van der Waals surface area contributed by atoms with Gasteiger partial charge in [0.25, 0.3) is 0 Å². The molecule has 0 heterocycles. The fourth-order valence-corrected chi connectivity index (χ4v) is 1.54. The van der Waals surface area contributed by atoms with E-state index in [0.717, 1.165) is 19.3 Å². The van der Waals surface area contributed by atoms with Crippen LogP contribution in [0.1, 0.15) is 46.0 Å². The van der Waals surface area contributed by atoms with Crippen LogP contribution in [0.3, 0.4) is 0 Å². The monoisotopic (exact) mass is 219 g/mol. The van der Waals surface area contributed by atoms with Crippen LogP contribution in [0.5, 0.6) is 0 Å². The number of hydrogen-bond donors (Lipinski definition) is 3. The van der Waals surface area contributed by atoms with Gasteiger partial charge in [0.05, 0.1) is 13.2 Å². The summed E-state index contributed by atoms with van der Waals surface area (Å²) in [6, 6.07) is 0. The normalized spacial score (nSPS) is 17.4. The van der Waals surface area contributed by atoms with E-state index >= 15 is 0 Å². The van der Waals surface area contributed by atoms with E-state index in [1.54, 1.807) is 0 Å². The highest BCUT2D eigenvalue weighted by atomic mass is 16.5. The Labute approximate surface area is 92.4 Å². The fraction of sp³-hybridized carbons (Fsp3) is 1.00. The largest absolute Gasteiger partial charge is 0.394 e. The van der Waals surface area contributed by atoms with E-state index in [1.807, 2.05) is 6.92 Å². The fourth-order valence-electron chi connectivity index (χ4n) is 1.54. The van der Waals surface area contributed by atoms with Crippen molar-refractivity contribution in [2.24, 2.45) is 5.73 Å². The Balaban J connectivity index is 4.02. The van der Waals surface area contributed by atoms with Gasteiger partial charge in [-0.05, 0) is 12.8 Å². The van der Waals surface area contributed by atoms with Crippen molar-refractivity contribution in [1.29, 1.82) is 0 Å². The number of ether oxygens (including phenoxy) is 1. The van der Waals surface area contributed by atoms with Crippen LogP contribution in [0, 0.1) is 0 Å². The van der Waals surface area contributed by atoms with Crippen LogP contribution < -0.4 is 5.73 Å². The van der Waals surface area contributed by atoms with E-state index in [4.69, 9.17) is 15.6 Å². The number of nitrogens with two attached hydrogens (primary N) is 1. The zero-order valence-corrected chi connectivity index (χ0v) is 9.91. The summed E-state index contributed by atoms with van der Waals surface area (Å²) in [6.07, 6.45) is 3.69. The standard InChI is InChI=1S/C11H25NO3/c1-3-5-6-7-11(14,4-2)10(12)15-9-8-13/h10,13-14H,3-9,12H2,1-2H3. The number of hydrogen-bond acceptors (Lipinski definition) is 4. The van der Waals surface area contributed by atoms with E-state index < -0.39 is 11.8 Å². The highest BCUT2D eigenvalue weighted by Gasteiger charge is 2.32. The molecule has 0 aliphatic carbocycles. The third kappa shape index (κ3) is 5.47. The molecular weight excluding hydrogens is 194 g/mol. The lowest BCUT2D eigenvalue weighted by molar-refractivity contribution is -0.118. The van der Waals surface area contributed by atoms with Crippen LogP contribution in [0.2, 0.25) is 0 Å². The quantitative estimate of drug-likeness (QED) is 0.399. The van der Waals surface area contributed by atoms with Gasteiger partial charge in [0.2, 0.25) is 0 Å². The Hall–Kier alpha value is -0.160. The minimum Gasteiger partial charge on any atom is -0.394 e. The minimum absolute atomic E-state index is 0.0670. The molecule has 0 fully saturated rings. The molecule has 0 radical (unpaired) electrons. The first kappa shape index (κ1) is 14.8. The third-order valence-electron chi connectivity index (χ3n) is 2.74. The molecule has 0 rings (SSSR count). The lowest BCUT2D eigenvalue weighted by atomic mass is 9.91. The van der Waals surface area contributed by atoms with Gasteiger partial charge in [-0.15, -0.1) is 0 Å². The van der Waals surface area contributed by atoms with Crippen molar-refractivity contribution >= 4 is 0 Å². The number of aliphatic hydroxyl groups is 2. The van der Waals surface area contributed by atoms with Crippen molar-refractivity contribution in [3.05, 3.63) is 0 Å². The van der Waals surface area contributed by atoms with Gasteiger partial charge < -0.3 is 20.7 Å². The first-order chi connectivity index (χ1) is 7.10. The Morgan fingerprint density at radius 1 is 1.33 bits per heavy atom. The zero-order chi connectivity index (χ0) is 11.7. The summed E-state index contributed by atoms with van der Waals surface area (Å²) in [4.78, 5) is 0. The topological polar surface area (TPSA) is 75.7 Å². The number of unbranched alkanes of at least 4 members (excludes halogenated alkanes) is 2. The Morgan fingerprint density at radius 3 is 2.47 bits per heavy atom. The Morgan fingerprint density at radius 2 is 2.00 bits per heavy atom. The molecule has 0 amide bonds. The maximum Gasteiger partial charge on any atom is 0.134 e. The molecule has 0 saturated carbocycles. The number of rotatable bonds is 9. The molecule has 0 spiro atoms. The van der Waals surface area contributed by atoms with Gasteiger partial charge in [0, 0.05) is 0 Å². The molecule has 4 N–H and O–H groups in total. The molecule has 2 atom stereocenters. The second-order valence-corrected chi connectivity index (χ2v) is 3.93. The highest BCUT2D eigenvalue weighted by molar-refractivity contribution is 4.82.